The maximum Gasteiger partial charge on any atom is 0.245 e. The van der Waals surface area contributed by atoms with Crippen LogP contribution < -0.4 is 4.90 Å². The van der Waals surface area contributed by atoms with E-state index in [9.17, 15) is 9.59 Å². The highest BCUT2D eigenvalue weighted by Gasteiger charge is 2.51. The van der Waals surface area contributed by atoms with Gasteiger partial charge in [0.1, 0.15) is 6.04 Å². The summed E-state index contributed by atoms with van der Waals surface area (Å²) < 4.78 is 0. The molecule has 1 aliphatic carbocycles. The Kier molecular flexibility index (Phi) is 10.3. The van der Waals surface area contributed by atoms with Gasteiger partial charge in [0.15, 0.2) is 0 Å². The molecule has 4 aliphatic rings. The number of likely N-dealkylation sites (N-methyl/N-ethyl adjacent to an activating group) is 1. The topological polar surface area (TPSA) is 93.2 Å². The van der Waals surface area contributed by atoms with Gasteiger partial charge in [0.25, 0.3) is 0 Å². The molecule has 3 saturated heterocycles. The van der Waals surface area contributed by atoms with Crippen LogP contribution in [-0.4, -0.2) is 118 Å². The van der Waals surface area contributed by atoms with Gasteiger partial charge < -0.3 is 24.5 Å². The predicted molar refractivity (Wildman–Crippen MR) is 192 cm³/mol. The molecular formula is C38H54ClN7O3. The number of halogens is 1. The first-order valence-electron chi connectivity index (χ1n) is 18.1. The lowest BCUT2D eigenvalue weighted by molar-refractivity contribution is -0.147. The second kappa shape index (κ2) is 14.2. The van der Waals surface area contributed by atoms with Crippen LogP contribution in [0.5, 0.6) is 0 Å². The zero-order chi connectivity index (χ0) is 35.1. The van der Waals surface area contributed by atoms with Crippen molar-refractivity contribution < 1.29 is 14.4 Å². The Morgan fingerprint density at radius 2 is 1.51 bits per heavy atom. The van der Waals surface area contributed by atoms with Crippen LogP contribution >= 0.6 is 11.6 Å². The molecule has 0 N–H and O–H groups in total. The van der Waals surface area contributed by atoms with Gasteiger partial charge in [0.05, 0.1) is 12.0 Å². The Bertz CT molecular complexity index is 1480. The second-order valence-corrected chi connectivity index (χ2v) is 17.0. The number of aromatic nitrogens is 2. The van der Waals surface area contributed by atoms with Crippen LogP contribution in [0.25, 0.3) is 0 Å². The van der Waals surface area contributed by atoms with E-state index in [2.05, 4.69) is 45.6 Å². The number of likely N-dealkylation sites (tertiary alicyclic amines) is 1. The largest absolute Gasteiger partial charge is 0.339 e. The van der Waals surface area contributed by atoms with Gasteiger partial charge in [0.2, 0.25) is 23.7 Å². The summed E-state index contributed by atoms with van der Waals surface area (Å²) in [4.78, 5) is 63.1. The first kappa shape index (κ1) is 35.6. The lowest BCUT2D eigenvalue weighted by atomic mass is 9.74. The fourth-order valence-electron chi connectivity index (χ4n) is 8.34. The maximum absolute atomic E-state index is 15.1. The molecule has 6 rings (SSSR count). The van der Waals surface area contributed by atoms with Crippen LogP contribution in [0.1, 0.15) is 78.2 Å². The van der Waals surface area contributed by atoms with Crippen LogP contribution in [0.2, 0.25) is 5.02 Å². The molecule has 0 spiro atoms. The Morgan fingerprint density at radius 1 is 0.878 bits per heavy atom. The van der Waals surface area contributed by atoms with E-state index >= 15 is 4.79 Å². The zero-order valence-corrected chi connectivity index (χ0v) is 30.9. The maximum atomic E-state index is 15.1. The third-order valence-corrected chi connectivity index (χ3v) is 11.7. The number of hydrogen-bond donors (Lipinski definition) is 0. The average molecular weight is 692 g/mol. The number of anilines is 1. The number of rotatable bonds is 6. The smallest absolute Gasteiger partial charge is 0.245 e. The van der Waals surface area contributed by atoms with Crippen molar-refractivity contribution in [2.45, 2.75) is 90.8 Å². The van der Waals surface area contributed by atoms with E-state index in [1.807, 2.05) is 54.8 Å². The molecule has 3 amide bonds. The molecule has 10 nitrogen and oxygen atoms in total. The molecule has 266 valence electrons. The summed E-state index contributed by atoms with van der Waals surface area (Å²) in [5, 5.41) is 0.641. The van der Waals surface area contributed by atoms with Crippen LogP contribution in [-0.2, 0) is 14.4 Å². The normalized spacial score (nSPS) is 26.6. The monoisotopic (exact) mass is 691 g/mol. The highest BCUT2D eigenvalue weighted by molar-refractivity contribution is 6.30. The number of piperazine rings is 1. The Morgan fingerprint density at radius 3 is 2.12 bits per heavy atom. The minimum atomic E-state index is -0.621. The molecular weight excluding hydrogens is 638 g/mol. The minimum absolute atomic E-state index is 0.00109. The molecule has 1 aromatic carbocycles. The molecule has 3 aliphatic heterocycles. The number of benzene rings is 1. The van der Waals surface area contributed by atoms with E-state index in [1.165, 1.54) is 0 Å². The molecule has 1 saturated carbocycles. The van der Waals surface area contributed by atoms with Gasteiger partial charge in [-0.05, 0) is 68.3 Å². The van der Waals surface area contributed by atoms with Gasteiger partial charge >= 0.3 is 0 Å². The first-order chi connectivity index (χ1) is 23.2. The van der Waals surface area contributed by atoms with Gasteiger partial charge in [-0.2, -0.15) is 0 Å². The van der Waals surface area contributed by atoms with Crippen LogP contribution in [0.3, 0.4) is 0 Å². The molecule has 2 aromatic rings. The first-order valence-corrected chi connectivity index (χ1v) is 18.5. The summed E-state index contributed by atoms with van der Waals surface area (Å²) in [6, 6.07) is 8.76. The summed E-state index contributed by atoms with van der Waals surface area (Å²) in [5.41, 5.74) is 0.689. The lowest BCUT2D eigenvalue weighted by Gasteiger charge is -2.45. The number of carbonyl (C=O) groups excluding carboxylic acids is 3. The zero-order valence-electron chi connectivity index (χ0n) is 30.1. The van der Waals surface area contributed by atoms with Crippen molar-refractivity contribution in [2.75, 3.05) is 57.8 Å². The highest BCUT2D eigenvalue weighted by atomic mass is 35.5. The third kappa shape index (κ3) is 7.75. The summed E-state index contributed by atoms with van der Waals surface area (Å²) in [5.74, 6) is 0.0917. The van der Waals surface area contributed by atoms with Gasteiger partial charge in [-0.25, -0.2) is 9.97 Å². The average Bonchev–Trinajstić information content (AvgIpc) is 3.72. The fourth-order valence-corrected chi connectivity index (χ4v) is 8.47. The third-order valence-electron chi connectivity index (χ3n) is 11.4. The van der Waals surface area contributed by atoms with E-state index < -0.39 is 17.4 Å². The molecule has 0 radical (unpaired) electrons. The molecule has 49 heavy (non-hydrogen) atoms. The molecule has 4 fully saturated rings. The van der Waals surface area contributed by atoms with Gasteiger partial charge in [-0.3, -0.25) is 14.4 Å². The van der Waals surface area contributed by atoms with Gasteiger partial charge in [-0.1, -0.05) is 58.4 Å². The number of hydrogen-bond acceptors (Lipinski definition) is 7. The van der Waals surface area contributed by atoms with Crippen molar-refractivity contribution in [2.24, 2.45) is 16.7 Å². The van der Waals surface area contributed by atoms with Crippen LogP contribution in [0, 0.1) is 16.7 Å². The Labute approximate surface area is 297 Å². The summed E-state index contributed by atoms with van der Waals surface area (Å²) in [7, 11) is 2.07. The quantitative estimate of drug-likeness (QED) is 0.424. The molecule has 11 heteroatoms. The Hall–Kier alpha value is -3.24. The van der Waals surface area contributed by atoms with Crippen molar-refractivity contribution in [3.63, 3.8) is 0 Å². The summed E-state index contributed by atoms with van der Waals surface area (Å²) >= 11 is 6.28. The Balaban J connectivity index is 1.34. The van der Waals surface area contributed by atoms with E-state index in [0.29, 0.717) is 50.1 Å². The lowest BCUT2D eigenvalue weighted by Crippen LogP contribution is -2.54. The minimum Gasteiger partial charge on any atom is -0.339 e. The van der Waals surface area contributed by atoms with E-state index in [4.69, 9.17) is 11.6 Å². The van der Waals surface area contributed by atoms with E-state index in [1.54, 1.807) is 18.5 Å². The second-order valence-electron chi connectivity index (χ2n) is 16.6. The summed E-state index contributed by atoms with van der Waals surface area (Å²) in [6.07, 6.45) is 7.87. The molecule has 1 unspecified atom stereocenters. The highest BCUT2D eigenvalue weighted by Crippen LogP contribution is 2.42. The molecule has 1 aromatic heterocycles. The van der Waals surface area contributed by atoms with Crippen molar-refractivity contribution in [3.8, 4) is 0 Å². The standard InChI is InChI=1S/C38H54ClN7O3/c1-37(2,3)35(49)46(28-12-14-38(4,5)15-13-28)29-22-32(34(48)43-20-18-42(6)19-21-43)45(23-29)33(47)31-25-44(36-40-16-7-17-41-36)24-30(31)26-8-10-27(39)11-9-26/h7-11,16-17,28-32H,12-15,18-25H2,1-6H3/t29?,30-,31+,32-/m0/s1. The van der Waals surface area contributed by atoms with Crippen molar-refractivity contribution in [1.82, 2.24) is 29.6 Å². The van der Waals surface area contributed by atoms with Crippen LogP contribution in [0.4, 0.5) is 5.95 Å². The number of nitrogens with zero attached hydrogens (tertiary/aromatic N) is 7. The molecule has 4 heterocycles. The van der Waals surface area contributed by atoms with Gasteiger partial charge in [-0.15, -0.1) is 0 Å². The van der Waals surface area contributed by atoms with Crippen LogP contribution in [0.15, 0.2) is 42.7 Å². The van der Waals surface area contributed by atoms with Gasteiger partial charge in [0, 0.05) is 80.6 Å². The predicted octanol–water partition coefficient (Wildman–Crippen LogP) is 4.94. The fraction of sp³-hybridized carbons (Fsp3) is 0.658. The molecule has 4 atom stereocenters. The number of carbonyl (C=O) groups is 3. The number of amides is 3. The SMILES string of the molecule is CN1CCN(C(=O)[C@@H]2CC(N(C(=O)C(C)(C)C)C3CCC(C)(C)CC3)CN2C(=O)[C@@H]2CN(c3ncccn3)C[C@H]2c2ccc(Cl)cc2)CC1. The van der Waals surface area contributed by atoms with E-state index in [-0.39, 0.29) is 41.1 Å². The summed E-state index contributed by atoms with van der Waals surface area (Å²) in [6.45, 7) is 14.8. The van der Waals surface area contributed by atoms with E-state index in [0.717, 1.165) is 44.3 Å². The van der Waals surface area contributed by atoms with Crippen molar-refractivity contribution >= 4 is 35.3 Å². The van der Waals surface area contributed by atoms with Crippen molar-refractivity contribution in [3.05, 3.63) is 53.3 Å². The van der Waals surface area contributed by atoms with Crippen molar-refractivity contribution in [1.29, 1.82) is 0 Å². The molecule has 0 bridgehead atoms.